The maximum Gasteiger partial charge on any atom is 0.265 e. The first-order chi connectivity index (χ1) is 11.4. The molecule has 0 unspecified atom stereocenters. The van der Waals surface area contributed by atoms with E-state index in [2.05, 4.69) is 32.6 Å². The average Bonchev–Trinajstić information content (AvgIpc) is 2.56. The maximum absolute atomic E-state index is 12.7. The number of hydrogen-bond donors (Lipinski definition) is 2. The van der Waals surface area contributed by atoms with E-state index >= 15 is 0 Å². The minimum atomic E-state index is -3.86. The summed E-state index contributed by atoms with van der Waals surface area (Å²) in [5, 5.41) is 2.64. The van der Waals surface area contributed by atoms with Gasteiger partial charge in [0.1, 0.15) is 10.6 Å². The monoisotopic (exact) mass is 460 g/mol. The van der Waals surface area contributed by atoms with Gasteiger partial charge in [0.2, 0.25) is 5.91 Å². The van der Waals surface area contributed by atoms with Crippen molar-refractivity contribution in [2.75, 3.05) is 17.1 Å². The third-order valence-corrected chi connectivity index (χ3v) is 5.28. The quantitative estimate of drug-likeness (QED) is 0.647. The van der Waals surface area contributed by atoms with E-state index < -0.39 is 10.0 Å². The highest BCUT2D eigenvalue weighted by Crippen LogP contribution is 2.29. The lowest BCUT2D eigenvalue weighted by atomic mass is 10.3. The van der Waals surface area contributed by atoms with Gasteiger partial charge in [-0.2, -0.15) is 0 Å². The number of benzene rings is 2. The van der Waals surface area contributed by atoms with Crippen molar-refractivity contribution in [3.05, 3.63) is 46.0 Å². The van der Waals surface area contributed by atoms with E-state index in [1.165, 1.54) is 19.2 Å². The summed E-state index contributed by atoms with van der Waals surface area (Å²) in [7, 11) is -2.47. The summed E-state index contributed by atoms with van der Waals surface area (Å²) in [6, 6.07) is 11.4. The summed E-state index contributed by atoms with van der Waals surface area (Å²) < 4.78 is 34.0. The zero-order valence-corrected chi connectivity index (χ0v) is 16.1. The van der Waals surface area contributed by atoms with Crippen molar-refractivity contribution >= 4 is 49.9 Å². The van der Waals surface area contributed by atoms with Gasteiger partial charge in [-0.3, -0.25) is 9.52 Å². The van der Waals surface area contributed by atoms with E-state index in [4.69, 9.17) is 4.74 Å². The van der Waals surface area contributed by atoms with E-state index in [0.29, 0.717) is 17.8 Å². The summed E-state index contributed by atoms with van der Waals surface area (Å²) >= 11 is 2.14. The minimum absolute atomic E-state index is 0.0440. The molecule has 2 rings (SSSR count). The Kier molecular flexibility index (Phi) is 6.05. The molecule has 6 nitrogen and oxygen atoms in total. The van der Waals surface area contributed by atoms with Crippen LogP contribution in [0.2, 0.25) is 0 Å². The van der Waals surface area contributed by atoms with Gasteiger partial charge in [0.25, 0.3) is 10.0 Å². The topological polar surface area (TPSA) is 84.5 Å². The van der Waals surface area contributed by atoms with Crippen LogP contribution in [-0.4, -0.2) is 21.4 Å². The molecule has 0 bridgehead atoms. The Morgan fingerprint density at radius 3 is 2.33 bits per heavy atom. The second-order valence-corrected chi connectivity index (χ2v) is 7.78. The van der Waals surface area contributed by atoms with Crippen LogP contribution in [0.3, 0.4) is 0 Å². The number of methoxy groups -OCH3 is 1. The van der Waals surface area contributed by atoms with Crippen LogP contribution in [0.5, 0.6) is 5.75 Å². The average molecular weight is 460 g/mol. The molecule has 0 saturated carbocycles. The third kappa shape index (κ3) is 4.60. The van der Waals surface area contributed by atoms with Crippen LogP contribution in [0.4, 0.5) is 11.4 Å². The van der Waals surface area contributed by atoms with Gasteiger partial charge in [-0.25, -0.2) is 8.42 Å². The zero-order valence-electron chi connectivity index (χ0n) is 13.2. The molecule has 0 aliphatic heterocycles. The predicted molar refractivity (Wildman–Crippen MR) is 102 cm³/mol. The van der Waals surface area contributed by atoms with Crippen molar-refractivity contribution in [3.8, 4) is 5.75 Å². The lowest BCUT2D eigenvalue weighted by Gasteiger charge is -2.13. The van der Waals surface area contributed by atoms with Gasteiger partial charge >= 0.3 is 0 Å². The number of anilines is 2. The smallest absolute Gasteiger partial charge is 0.265 e. The fraction of sp³-hybridized carbons (Fsp3) is 0.188. The molecular weight excluding hydrogens is 443 g/mol. The highest BCUT2D eigenvalue weighted by Gasteiger charge is 2.20. The molecule has 0 spiro atoms. The van der Waals surface area contributed by atoms with Crippen LogP contribution in [0.15, 0.2) is 47.4 Å². The molecule has 0 aromatic heterocycles. The largest absolute Gasteiger partial charge is 0.495 e. The SMILES string of the molecule is CCC(=O)Nc1ccc(OC)c(S(=O)(=O)Nc2ccc(I)cc2)c1. The molecule has 0 fully saturated rings. The normalized spacial score (nSPS) is 11.0. The molecule has 0 heterocycles. The second kappa shape index (κ2) is 7.84. The van der Waals surface area contributed by atoms with Crippen molar-refractivity contribution in [1.29, 1.82) is 0 Å². The number of amides is 1. The molecule has 128 valence electrons. The van der Waals surface area contributed by atoms with Crippen molar-refractivity contribution in [2.24, 2.45) is 0 Å². The van der Waals surface area contributed by atoms with Gasteiger partial charge in [0.05, 0.1) is 7.11 Å². The van der Waals surface area contributed by atoms with Crippen LogP contribution in [0.25, 0.3) is 0 Å². The number of carbonyl (C=O) groups excluding carboxylic acids is 1. The van der Waals surface area contributed by atoms with Gasteiger partial charge in [0.15, 0.2) is 0 Å². The van der Waals surface area contributed by atoms with Crippen molar-refractivity contribution < 1.29 is 17.9 Å². The third-order valence-electron chi connectivity index (χ3n) is 3.15. The van der Waals surface area contributed by atoms with E-state index in [1.54, 1.807) is 37.3 Å². The van der Waals surface area contributed by atoms with E-state index in [1.807, 2.05) is 0 Å². The fourth-order valence-electron chi connectivity index (χ4n) is 1.94. The highest BCUT2D eigenvalue weighted by atomic mass is 127. The van der Waals surface area contributed by atoms with Crippen LogP contribution in [0.1, 0.15) is 13.3 Å². The van der Waals surface area contributed by atoms with Gasteiger partial charge < -0.3 is 10.1 Å². The molecule has 8 heteroatoms. The second-order valence-electron chi connectivity index (χ2n) is 4.88. The van der Waals surface area contributed by atoms with Crippen LogP contribution in [0, 0.1) is 3.57 Å². The van der Waals surface area contributed by atoms with Crippen LogP contribution < -0.4 is 14.8 Å². The van der Waals surface area contributed by atoms with Crippen LogP contribution in [-0.2, 0) is 14.8 Å². The predicted octanol–water partition coefficient (Wildman–Crippen LogP) is 3.45. The van der Waals surface area contributed by atoms with E-state index in [-0.39, 0.29) is 16.6 Å². The number of carbonyl (C=O) groups is 1. The minimum Gasteiger partial charge on any atom is -0.495 e. The number of sulfonamides is 1. The molecule has 2 aromatic carbocycles. The Bertz CT molecular complexity index is 836. The summed E-state index contributed by atoms with van der Waals surface area (Å²) in [4.78, 5) is 11.5. The Hall–Kier alpha value is -1.81. The molecule has 1 amide bonds. The molecule has 2 N–H and O–H groups in total. The Labute approximate surface area is 154 Å². The number of rotatable bonds is 6. The van der Waals surface area contributed by atoms with Crippen molar-refractivity contribution in [1.82, 2.24) is 0 Å². The molecule has 0 saturated heterocycles. The number of hydrogen-bond acceptors (Lipinski definition) is 4. The standard InChI is InChI=1S/C16H17IN2O4S/c1-3-16(20)18-13-8-9-14(23-2)15(10-13)24(21,22)19-12-6-4-11(17)5-7-12/h4-10,19H,3H2,1-2H3,(H,18,20). The lowest BCUT2D eigenvalue weighted by Crippen LogP contribution is -2.15. The summed E-state index contributed by atoms with van der Waals surface area (Å²) in [5.41, 5.74) is 0.839. The molecule has 24 heavy (non-hydrogen) atoms. The first-order valence-corrected chi connectivity index (χ1v) is 9.68. The molecule has 0 atom stereocenters. The van der Waals surface area contributed by atoms with Gasteiger partial charge in [-0.1, -0.05) is 6.92 Å². The Morgan fingerprint density at radius 1 is 1.12 bits per heavy atom. The van der Waals surface area contributed by atoms with Gasteiger partial charge in [-0.05, 0) is 65.1 Å². The molecule has 0 aliphatic carbocycles. The Morgan fingerprint density at radius 2 is 1.75 bits per heavy atom. The van der Waals surface area contributed by atoms with Gasteiger partial charge in [-0.15, -0.1) is 0 Å². The van der Waals surface area contributed by atoms with Gasteiger partial charge in [0, 0.05) is 21.4 Å². The van der Waals surface area contributed by atoms with E-state index in [0.717, 1.165) is 3.57 Å². The molecule has 2 aromatic rings. The van der Waals surface area contributed by atoms with Crippen molar-refractivity contribution in [3.63, 3.8) is 0 Å². The molecular formula is C16H17IN2O4S. The summed E-state index contributed by atoms with van der Waals surface area (Å²) in [6.07, 6.45) is 0.301. The fourth-order valence-corrected chi connectivity index (χ4v) is 3.56. The Balaban J connectivity index is 2.37. The maximum atomic E-state index is 12.7. The van der Waals surface area contributed by atoms with Crippen molar-refractivity contribution in [2.45, 2.75) is 18.2 Å². The first-order valence-electron chi connectivity index (χ1n) is 7.12. The summed E-state index contributed by atoms with van der Waals surface area (Å²) in [6.45, 7) is 1.72. The van der Waals surface area contributed by atoms with E-state index in [9.17, 15) is 13.2 Å². The zero-order chi connectivity index (χ0) is 17.7. The van der Waals surface area contributed by atoms with Crippen LogP contribution >= 0.6 is 22.6 Å². The molecule has 0 radical (unpaired) electrons. The first kappa shape index (κ1) is 18.5. The molecule has 0 aliphatic rings. The highest BCUT2D eigenvalue weighted by molar-refractivity contribution is 14.1. The number of halogens is 1. The summed E-state index contributed by atoms with van der Waals surface area (Å²) in [5.74, 6) is -0.00313. The number of nitrogens with one attached hydrogen (secondary N) is 2. The number of ether oxygens (including phenoxy) is 1. The lowest BCUT2D eigenvalue weighted by molar-refractivity contribution is -0.115.